The van der Waals surface area contributed by atoms with E-state index in [-0.39, 0.29) is 37.4 Å². The van der Waals surface area contributed by atoms with Gasteiger partial charge >= 0.3 is 5.97 Å². The van der Waals surface area contributed by atoms with Gasteiger partial charge in [-0.3, -0.25) is 9.59 Å². The van der Waals surface area contributed by atoms with Crippen molar-refractivity contribution < 1.29 is 24.0 Å². The molecule has 1 aromatic rings. The van der Waals surface area contributed by atoms with E-state index in [0.29, 0.717) is 16.6 Å². The quantitative estimate of drug-likeness (QED) is 0.551. The van der Waals surface area contributed by atoms with Crippen molar-refractivity contribution in [2.75, 3.05) is 32.1 Å². The molecule has 8 heteroatoms. The van der Waals surface area contributed by atoms with Gasteiger partial charge in [-0.15, -0.1) is 11.3 Å². The number of rotatable bonds is 9. The van der Waals surface area contributed by atoms with Crippen LogP contribution >= 0.6 is 11.3 Å². The van der Waals surface area contributed by atoms with Crippen molar-refractivity contribution in [3.8, 4) is 0 Å². The van der Waals surface area contributed by atoms with Crippen molar-refractivity contribution in [2.24, 2.45) is 0 Å². The monoisotopic (exact) mass is 382 g/mol. The van der Waals surface area contributed by atoms with E-state index >= 15 is 0 Å². The Balaban J connectivity index is 1.95. The van der Waals surface area contributed by atoms with Crippen molar-refractivity contribution in [3.05, 3.63) is 16.5 Å². The summed E-state index contributed by atoms with van der Waals surface area (Å²) in [5.41, 5.74) is 0.387. The fourth-order valence-electron chi connectivity index (χ4n) is 2.44. The molecule has 0 bridgehead atoms. The lowest BCUT2D eigenvalue weighted by atomic mass is 10.1. The Kier molecular flexibility index (Phi) is 7.16. The van der Waals surface area contributed by atoms with Crippen molar-refractivity contribution in [1.29, 1.82) is 0 Å². The van der Waals surface area contributed by atoms with Crippen molar-refractivity contribution in [1.82, 2.24) is 5.32 Å². The first-order chi connectivity index (χ1) is 12.3. The van der Waals surface area contributed by atoms with Gasteiger partial charge in [0.15, 0.2) is 13.1 Å². The van der Waals surface area contributed by atoms with Crippen molar-refractivity contribution in [3.63, 3.8) is 0 Å². The lowest BCUT2D eigenvalue weighted by Gasteiger charge is -2.13. The molecule has 0 aromatic carbocycles. The third-order valence-corrected chi connectivity index (χ3v) is 5.29. The smallest absolute Gasteiger partial charge is 0.341 e. The highest BCUT2D eigenvalue weighted by Crippen LogP contribution is 2.33. The first kappa shape index (κ1) is 20.4. The average Bonchev–Trinajstić information content (AvgIpc) is 3.23. The van der Waals surface area contributed by atoms with Gasteiger partial charge in [-0.25, -0.2) is 4.79 Å². The molecule has 0 aliphatic heterocycles. The largest absolute Gasteiger partial charge is 0.462 e. The van der Waals surface area contributed by atoms with Gasteiger partial charge in [0.1, 0.15) is 5.00 Å². The predicted octanol–water partition coefficient (Wildman–Crippen LogP) is 0.780. The fraction of sp³-hybridized carbons (Fsp3) is 0.611. The van der Waals surface area contributed by atoms with Gasteiger partial charge in [0.25, 0.3) is 11.8 Å². The van der Waals surface area contributed by atoms with Gasteiger partial charge in [0.2, 0.25) is 0 Å². The highest BCUT2D eigenvalue weighted by molar-refractivity contribution is 7.16. The summed E-state index contributed by atoms with van der Waals surface area (Å²) in [6.07, 6.45) is 2.08. The Morgan fingerprint density at radius 1 is 1.27 bits per heavy atom. The zero-order valence-corrected chi connectivity index (χ0v) is 16.6. The number of carbonyl (C=O) groups excluding carboxylic acids is 3. The molecule has 1 fully saturated rings. The van der Waals surface area contributed by atoms with Crippen LogP contribution < -0.4 is 15.5 Å². The molecule has 2 amide bonds. The summed E-state index contributed by atoms with van der Waals surface area (Å²) < 4.78 is 5.08. The Hall–Kier alpha value is -1.93. The molecule has 1 aliphatic carbocycles. The second-order valence-corrected chi connectivity index (χ2v) is 8.05. The molecular formula is C18H28N3O4S+. The van der Waals surface area contributed by atoms with E-state index in [0.717, 1.165) is 22.6 Å². The minimum absolute atomic E-state index is 0.0387. The normalized spacial score (nSPS) is 14.8. The van der Waals surface area contributed by atoms with Crippen molar-refractivity contribution in [2.45, 2.75) is 45.6 Å². The third-order valence-electron chi connectivity index (χ3n) is 3.94. The molecular weight excluding hydrogens is 354 g/mol. The van der Waals surface area contributed by atoms with E-state index in [1.54, 1.807) is 20.0 Å². The first-order valence-electron chi connectivity index (χ1n) is 9.01. The molecule has 144 valence electrons. The Morgan fingerprint density at radius 3 is 2.50 bits per heavy atom. The summed E-state index contributed by atoms with van der Waals surface area (Å²) in [6, 6.07) is 2.10. The number of thiophene rings is 1. The van der Waals surface area contributed by atoms with Crippen LogP contribution in [0.5, 0.6) is 0 Å². The Labute approximate surface area is 158 Å². The Bertz CT molecular complexity index is 667. The molecule has 0 saturated heterocycles. The maximum absolute atomic E-state index is 12.3. The number of anilines is 1. The molecule has 2 rings (SSSR count). The molecule has 3 N–H and O–H groups in total. The number of amides is 2. The molecule has 1 aromatic heterocycles. The standard InChI is InChI=1S/C18H27N3O4S/c1-5-25-18(24)13-8-14(11(2)3)26-17(13)20-16(23)10-21(4)9-15(22)19-12-6-7-12/h8,11-12H,5-7,9-10H2,1-4H3,(H,19,22)(H,20,23)/p+1. The maximum Gasteiger partial charge on any atom is 0.341 e. The van der Waals surface area contributed by atoms with Gasteiger partial charge in [0.05, 0.1) is 19.2 Å². The molecule has 0 radical (unpaired) electrons. The number of ether oxygens (including phenoxy) is 1. The molecule has 26 heavy (non-hydrogen) atoms. The van der Waals surface area contributed by atoms with E-state index in [4.69, 9.17) is 4.74 Å². The van der Waals surface area contributed by atoms with Crippen LogP contribution in [0.4, 0.5) is 5.00 Å². The molecule has 1 aliphatic rings. The van der Waals surface area contributed by atoms with Crippen LogP contribution in [0.1, 0.15) is 54.8 Å². The highest BCUT2D eigenvalue weighted by atomic mass is 32.1. The second kappa shape index (κ2) is 9.14. The zero-order chi connectivity index (χ0) is 19.3. The number of carbonyl (C=O) groups is 3. The van der Waals surface area contributed by atoms with E-state index in [2.05, 4.69) is 10.6 Å². The van der Waals surface area contributed by atoms with Gasteiger partial charge < -0.3 is 20.3 Å². The van der Waals surface area contributed by atoms with Crippen molar-refractivity contribution >= 4 is 34.1 Å². The summed E-state index contributed by atoms with van der Waals surface area (Å²) in [4.78, 5) is 38.1. The predicted molar refractivity (Wildman–Crippen MR) is 101 cm³/mol. The van der Waals surface area contributed by atoms with Crippen LogP contribution in [0.15, 0.2) is 6.07 Å². The zero-order valence-electron chi connectivity index (χ0n) is 15.8. The topological polar surface area (TPSA) is 88.9 Å². The average molecular weight is 383 g/mol. The molecule has 1 atom stereocenters. The van der Waals surface area contributed by atoms with E-state index < -0.39 is 5.97 Å². The number of quaternary nitrogens is 1. The van der Waals surface area contributed by atoms with Crippen LogP contribution in [0.2, 0.25) is 0 Å². The van der Waals surface area contributed by atoms with E-state index in [9.17, 15) is 14.4 Å². The lowest BCUT2D eigenvalue weighted by Crippen LogP contribution is -3.11. The SMILES string of the molecule is CCOC(=O)c1cc(C(C)C)sc1NC(=O)C[NH+](C)CC(=O)NC1CC1. The molecule has 1 saturated carbocycles. The second-order valence-electron chi connectivity index (χ2n) is 6.97. The first-order valence-corrected chi connectivity index (χ1v) is 9.83. The molecule has 1 unspecified atom stereocenters. The highest BCUT2D eigenvalue weighted by Gasteiger charge is 2.25. The van der Waals surface area contributed by atoms with Crippen LogP contribution in [0, 0.1) is 0 Å². The summed E-state index contributed by atoms with van der Waals surface area (Å²) in [5.74, 6) is -0.457. The maximum atomic E-state index is 12.3. The van der Waals surface area contributed by atoms with Crippen LogP contribution in [0.25, 0.3) is 0 Å². The van der Waals surface area contributed by atoms with E-state index in [1.807, 2.05) is 13.8 Å². The number of nitrogens with one attached hydrogen (secondary N) is 3. The van der Waals surface area contributed by atoms with Gasteiger partial charge in [0, 0.05) is 10.9 Å². The molecule has 7 nitrogen and oxygen atoms in total. The minimum Gasteiger partial charge on any atom is -0.462 e. The number of likely N-dealkylation sites (N-methyl/N-ethyl adjacent to an activating group) is 1. The lowest BCUT2D eigenvalue weighted by molar-refractivity contribution is -0.862. The van der Waals surface area contributed by atoms with Crippen LogP contribution in [0.3, 0.4) is 0 Å². The molecule has 0 spiro atoms. The van der Waals surface area contributed by atoms with E-state index in [1.165, 1.54) is 11.3 Å². The summed E-state index contributed by atoms with van der Waals surface area (Å²) in [6.45, 7) is 6.48. The third kappa shape index (κ3) is 6.10. The summed E-state index contributed by atoms with van der Waals surface area (Å²) in [5, 5.41) is 6.23. The van der Waals surface area contributed by atoms with Gasteiger partial charge in [-0.1, -0.05) is 13.8 Å². The van der Waals surface area contributed by atoms with Crippen LogP contribution in [-0.4, -0.2) is 50.6 Å². The summed E-state index contributed by atoms with van der Waals surface area (Å²) >= 11 is 1.39. The minimum atomic E-state index is -0.435. The summed E-state index contributed by atoms with van der Waals surface area (Å²) in [7, 11) is 1.80. The Morgan fingerprint density at radius 2 is 1.92 bits per heavy atom. The van der Waals surface area contributed by atoms with Gasteiger partial charge in [-0.2, -0.15) is 0 Å². The van der Waals surface area contributed by atoms with Crippen LogP contribution in [-0.2, 0) is 14.3 Å². The fourth-order valence-corrected chi connectivity index (χ4v) is 3.50. The molecule has 1 heterocycles. The number of esters is 1. The van der Waals surface area contributed by atoms with Gasteiger partial charge in [-0.05, 0) is 31.7 Å². The number of hydrogen-bond acceptors (Lipinski definition) is 5. The number of hydrogen-bond donors (Lipinski definition) is 3.